The Morgan fingerprint density at radius 2 is 1.78 bits per heavy atom. The fraction of sp³-hybridized carbons (Fsp3) is 0.381. The number of carbonyl (C=O) groups excluding carboxylic acids is 2. The number of amidine groups is 1. The van der Waals surface area contributed by atoms with E-state index in [0.717, 1.165) is 5.69 Å². The van der Waals surface area contributed by atoms with Crippen molar-refractivity contribution in [3.63, 3.8) is 0 Å². The molecule has 3 aliphatic rings. The van der Waals surface area contributed by atoms with Crippen LogP contribution in [0.15, 0.2) is 52.1 Å². The highest BCUT2D eigenvalue weighted by Gasteiger charge is 2.42. The van der Waals surface area contributed by atoms with Gasteiger partial charge in [0.25, 0.3) is 11.8 Å². The minimum Gasteiger partial charge on any atom is -0.459 e. The van der Waals surface area contributed by atoms with Crippen LogP contribution in [0.5, 0.6) is 0 Å². The van der Waals surface area contributed by atoms with Gasteiger partial charge in [-0.05, 0) is 30.3 Å². The van der Waals surface area contributed by atoms with Crippen LogP contribution < -0.4 is 5.32 Å². The van der Waals surface area contributed by atoms with Crippen molar-refractivity contribution in [2.75, 3.05) is 43.0 Å². The van der Waals surface area contributed by atoms with Crippen LogP contribution >= 0.6 is 11.8 Å². The van der Waals surface area contributed by atoms with E-state index in [2.05, 4.69) is 10.3 Å². The molecule has 9 nitrogen and oxygen atoms in total. The topological polar surface area (TPSA) is 112 Å². The SMILES string of the molecule is O=C(c1cccc(NC2=NC3CS(=O)(=O)CC3S2)c1)N1CCN(C(=O)c2ccco2)CC1. The lowest BCUT2D eigenvalue weighted by Crippen LogP contribution is -2.50. The summed E-state index contributed by atoms with van der Waals surface area (Å²) in [6, 6.07) is 10.3. The highest BCUT2D eigenvalue weighted by Crippen LogP contribution is 2.34. The summed E-state index contributed by atoms with van der Waals surface area (Å²) in [5.74, 6) is 0.300. The zero-order valence-electron chi connectivity index (χ0n) is 17.1. The van der Waals surface area contributed by atoms with Crippen molar-refractivity contribution >= 4 is 44.3 Å². The van der Waals surface area contributed by atoms with Crippen LogP contribution in [-0.2, 0) is 9.84 Å². The molecule has 2 atom stereocenters. The van der Waals surface area contributed by atoms with Crippen molar-refractivity contribution in [1.29, 1.82) is 0 Å². The predicted molar refractivity (Wildman–Crippen MR) is 122 cm³/mol. The van der Waals surface area contributed by atoms with E-state index in [9.17, 15) is 18.0 Å². The van der Waals surface area contributed by atoms with Crippen LogP contribution in [0, 0.1) is 0 Å². The van der Waals surface area contributed by atoms with E-state index in [1.807, 2.05) is 6.07 Å². The molecular formula is C21H22N4O5S2. The molecule has 0 saturated carbocycles. The molecule has 2 amide bonds. The molecule has 2 fully saturated rings. The molecule has 11 heteroatoms. The molecule has 3 aliphatic heterocycles. The first-order valence-corrected chi connectivity index (χ1v) is 13.0. The Hall–Kier alpha value is -2.79. The Bertz CT molecular complexity index is 1170. The molecule has 5 rings (SSSR count). The van der Waals surface area contributed by atoms with Crippen molar-refractivity contribution in [3.05, 3.63) is 54.0 Å². The molecular weight excluding hydrogens is 452 g/mol. The third-order valence-corrected chi connectivity index (χ3v) is 8.91. The summed E-state index contributed by atoms with van der Waals surface area (Å²) in [5.41, 5.74) is 1.28. The zero-order valence-corrected chi connectivity index (χ0v) is 18.8. The van der Waals surface area contributed by atoms with Crippen molar-refractivity contribution in [1.82, 2.24) is 9.80 Å². The average Bonchev–Trinajstić information content (AvgIpc) is 3.48. The molecule has 0 spiro atoms. The molecule has 1 aromatic carbocycles. The monoisotopic (exact) mass is 474 g/mol. The molecule has 0 radical (unpaired) electrons. The summed E-state index contributed by atoms with van der Waals surface area (Å²) >= 11 is 1.44. The second-order valence-electron chi connectivity index (χ2n) is 8.00. The lowest BCUT2D eigenvalue weighted by molar-refractivity contribution is 0.0518. The lowest BCUT2D eigenvalue weighted by Gasteiger charge is -2.34. The number of aliphatic imine (C=N–C) groups is 1. The molecule has 168 valence electrons. The van der Waals surface area contributed by atoms with E-state index in [1.165, 1.54) is 18.0 Å². The van der Waals surface area contributed by atoms with Crippen LogP contribution in [0.2, 0.25) is 0 Å². The Kier molecular flexibility index (Phi) is 5.46. The summed E-state index contributed by atoms with van der Waals surface area (Å²) in [6.07, 6.45) is 1.47. The van der Waals surface area contributed by atoms with E-state index < -0.39 is 9.84 Å². The number of thioether (sulfide) groups is 1. The lowest BCUT2D eigenvalue weighted by atomic mass is 10.1. The number of carbonyl (C=O) groups is 2. The summed E-state index contributed by atoms with van der Waals surface area (Å²) in [6.45, 7) is 1.79. The molecule has 2 unspecified atom stereocenters. The Balaban J connectivity index is 1.20. The number of rotatable bonds is 3. The van der Waals surface area contributed by atoms with Crippen LogP contribution in [0.1, 0.15) is 20.9 Å². The molecule has 0 bridgehead atoms. The first kappa shape index (κ1) is 21.1. The van der Waals surface area contributed by atoms with Gasteiger partial charge in [-0.1, -0.05) is 17.8 Å². The number of amides is 2. The molecule has 32 heavy (non-hydrogen) atoms. The molecule has 2 saturated heterocycles. The van der Waals surface area contributed by atoms with Crippen LogP contribution in [-0.4, -0.2) is 84.2 Å². The third kappa shape index (κ3) is 4.26. The first-order valence-electron chi connectivity index (χ1n) is 10.3. The summed E-state index contributed by atoms with van der Waals surface area (Å²) in [5, 5.41) is 3.87. The van der Waals surface area contributed by atoms with Crippen molar-refractivity contribution < 1.29 is 22.4 Å². The van der Waals surface area contributed by atoms with Crippen LogP contribution in [0.4, 0.5) is 5.69 Å². The van der Waals surface area contributed by atoms with Crippen LogP contribution in [0.25, 0.3) is 0 Å². The van der Waals surface area contributed by atoms with Gasteiger partial charge in [-0.2, -0.15) is 0 Å². The fourth-order valence-corrected chi connectivity index (χ4v) is 7.80. The smallest absolute Gasteiger partial charge is 0.289 e. The van der Waals surface area contributed by atoms with Crippen molar-refractivity contribution in [2.24, 2.45) is 4.99 Å². The van der Waals surface area contributed by atoms with Gasteiger partial charge in [-0.25, -0.2) is 8.42 Å². The standard InChI is InChI=1S/C21H22N4O5S2/c26-19(24-6-8-25(9-7-24)20(27)17-5-2-10-30-17)14-3-1-4-15(11-14)22-21-23-16-12-32(28,29)13-18(16)31-21/h1-5,10-11,16,18H,6-9,12-13H2,(H,22,23). The molecule has 4 heterocycles. The molecule has 2 aromatic rings. The predicted octanol–water partition coefficient (Wildman–Crippen LogP) is 1.56. The number of sulfone groups is 1. The number of nitrogens with one attached hydrogen (secondary N) is 1. The van der Waals surface area contributed by atoms with Gasteiger partial charge in [0.2, 0.25) is 0 Å². The minimum atomic E-state index is -2.99. The normalized spacial score (nSPS) is 24.2. The number of nitrogens with zero attached hydrogens (tertiary/aromatic N) is 3. The number of benzene rings is 1. The molecule has 0 aliphatic carbocycles. The van der Waals surface area contributed by atoms with E-state index in [-0.39, 0.29) is 34.6 Å². The maximum absolute atomic E-state index is 13.0. The van der Waals surface area contributed by atoms with Gasteiger partial charge in [-0.15, -0.1) is 0 Å². The number of furan rings is 1. The van der Waals surface area contributed by atoms with Gasteiger partial charge in [0.1, 0.15) is 0 Å². The van der Waals surface area contributed by atoms with E-state index in [1.54, 1.807) is 40.1 Å². The van der Waals surface area contributed by atoms with E-state index in [4.69, 9.17) is 4.42 Å². The van der Waals surface area contributed by atoms with Gasteiger partial charge in [0.05, 0.1) is 23.8 Å². The first-order chi connectivity index (χ1) is 15.4. The Morgan fingerprint density at radius 1 is 1.03 bits per heavy atom. The van der Waals surface area contributed by atoms with Gasteiger partial charge in [0.15, 0.2) is 20.8 Å². The highest BCUT2D eigenvalue weighted by atomic mass is 32.2. The van der Waals surface area contributed by atoms with E-state index >= 15 is 0 Å². The second-order valence-corrected chi connectivity index (χ2v) is 11.4. The van der Waals surface area contributed by atoms with Crippen molar-refractivity contribution in [3.8, 4) is 0 Å². The van der Waals surface area contributed by atoms with Gasteiger partial charge < -0.3 is 19.5 Å². The quantitative estimate of drug-likeness (QED) is 0.718. The summed E-state index contributed by atoms with van der Waals surface area (Å²) < 4.78 is 28.6. The second kappa shape index (κ2) is 8.28. The highest BCUT2D eigenvalue weighted by molar-refractivity contribution is 8.15. The van der Waals surface area contributed by atoms with Gasteiger partial charge in [0, 0.05) is 42.7 Å². The number of piperazine rings is 1. The fourth-order valence-electron chi connectivity index (χ4n) is 4.12. The Morgan fingerprint density at radius 3 is 2.47 bits per heavy atom. The van der Waals surface area contributed by atoms with Gasteiger partial charge >= 0.3 is 0 Å². The van der Waals surface area contributed by atoms with Gasteiger partial charge in [-0.3, -0.25) is 14.6 Å². The number of hydrogen-bond acceptors (Lipinski definition) is 8. The van der Waals surface area contributed by atoms with E-state index in [0.29, 0.717) is 42.7 Å². The zero-order chi connectivity index (χ0) is 22.3. The Labute approximate surface area is 189 Å². The third-order valence-electron chi connectivity index (χ3n) is 5.76. The number of hydrogen-bond donors (Lipinski definition) is 1. The molecule has 1 N–H and O–H groups in total. The molecule has 1 aromatic heterocycles. The minimum absolute atomic E-state index is 0.0347. The maximum Gasteiger partial charge on any atom is 0.289 e. The summed E-state index contributed by atoms with van der Waals surface area (Å²) in [4.78, 5) is 33.3. The average molecular weight is 475 g/mol. The van der Waals surface area contributed by atoms with Crippen molar-refractivity contribution in [2.45, 2.75) is 11.3 Å². The number of anilines is 1. The largest absolute Gasteiger partial charge is 0.459 e. The maximum atomic E-state index is 13.0. The summed E-state index contributed by atoms with van der Waals surface area (Å²) in [7, 11) is -2.99. The van der Waals surface area contributed by atoms with Crippen LogP contribution in [0.3, 0.4) is 0 Å². The number of fused-ring (bicyclic) bond motifs is 1.